The Balaban J connectivity index is 2.64. The zero-order chi connectivity index (χ0) is 10.1. The van der Waals surface area contributed by atoms with E-state index in [0.717, 1.165) is 0 Å². The highest BCUT2D eigenvalue weighted by Gasteiger charge is 2.12. The summed E-state index contributed by atoms with van der Waals surface area (Å²) >= 11 is 1.38. The van der Waals surface area contributed by atoms with Crippen molar-refractivity contribution in [3.05, 3.63) is 23.2 Å². The number of carbonyl (C=O) groups is 1. The molecule has 72 valence electrons. The molecule has 2 aromatic heterocycles. The van der Waals surface area contributed by atoms with E-state index >= 15 is 0 Å². The van der Waals surface area contributed by atoms with Gasteiger partial charge >= 0.3 is 5.97 Å². The summed E-state index contributed by atoms with van der Waals surface area (Å²) in [5.41, 5.74) is 0.728. The Kier molecular flexibility index (Phi) is 2.09. The van der Waals surface area contributed by atoms with Crippen LogP contribution in [0.5, 0.6) is 5.75 Å². The molecule has 0 aliphatic carbocycles. The number of pyridine rings is 1. The highest BCUT2D eigenvalue weighted by molar-refractivity contribution is 7.17. The number of rotatable bonds is 1. The Morgan fingerprint density at radius 1 is 1.64 bits per heavy atom. The van der Waals surface area contributed by atoms with E-state index in [1.54, 1.807) is 11.4 Å². The summed E-state index contributed by atoms with van der Waals surface area (Å²) < 4.78 is 5.19. The number of carbonyl (C=O) groups excluding carboxylic acids is 1. The van der Waals surface area contributed by atoms with Crippen molar-refractivity contribution in [1.82, 2.24) is 4.98 Å². The second kappa shape index (κ2) is 3.26. The molecule has 2 aromatic rings. The predicted octanol–water partition coefficient (Wildman–Crippen LogP) is 1.79. The molecule has 2 heterocycles. The Morgan fingerprint density at radius 3 is 3.14 bits per heavy atom. The van der Waals surface area contributed by atoms with Crippen molar-refractivity contribution in [2.75, 3.05) is 7.11 Å². The number of aromatic hydroxyl groups is 1. The maximum atomic E-state index is 11.1. The van der Waals surface area contributed by atoms with E-state index in [2.05, 4.69) is 9.72 Å². The highest BCUT2D eigenvalue weighted by atomic mass is 32.1. The largest absolute Gasteiger partial charge is 0.506 e. The van der Waals surface area contributed by atoms with Gasteiger partial charge in [-0.15, -0.1) is 11.3 Å². The molecule has 0 aromatic carbocycles. The summed E-state index contributed by atoms with van der Waals surface area (Å²) in [6, 6.07) is 3.05. The fraction of sp³-hybridized carbons (Fsp3) is 0.111. The number of methoxy groups -OCH3 is 1. The summed E-state index contributed by atoms with van der Waals surface area (Å²) in [5.74, 6) is -0.487. The van der Waals surface area contributed by atoms with E-state index in [9.17, 15) is 9.90 Å². The van der Waals surface area contributed by atoms with Gasteiger partial charge in [0.1, 0.15) is 5.75 Å². The summed E-state index contributed by atoms with van der Waals surface area (Å²) in [4.78, 5) is 15.2. The van der Waals surface area contributed by atoms with Gasteiger partial charge in [-0.25, -0.2) is 9.78 Å². The standard InChI is InChI=1S/C9H7NO3S/c1-13-9(12)6-4-7(11)8-5(10-6)2-3-14-8/h2-4H,1H3,(H,10,11). The Hall–Kier alpha value is -1.62. The van der Waals surface area contributed by atoms with E-state index in [4.69, 9.17) is 0 Å². The van der Waals surface area contributed by atoms with E-state index < -0.39 is 5.97 Å². The van der Waals surface area contributed by atoms with Crippen molar-refractivity contribution in [3.63, 3.8) is 0 Å². The van der Waals surface area contributed by atoms with Gasteiger partial charge in [-0.2, -0.15) is 0 Å². The third-order valence-electron chi connectivity index (χ3n) is 1.79. The topological polar surface area (TPSA) is 59.4 Å². The summed E-state index contributed by atoms with van der Waals surface area (Å²) in [5, 5.41) is 11.4. The zero-order valence-corrected chi connectivity index (χ0v) is 8.17. The van der Waals surface area contributed by atoms with Crippen LogP contribution in [0.3, 0.4) is 0 Å². The van der Waals surface area contributed by atoms with Crippen molar-refractivity contribution in [1.29, 1.82) is 0 Å². The minimum atomic E-state index is -0.548. The third kappa shape index (κ3) is 1.31. The summed E-state index contributed by atoms with van der Waals surface area (Å²) in [7, 11) is 1.28. The van der Waals surface area contributed by atoms with Gasteiger partial charge in [-0.3, -0.25) is 0 Å². The first kappa shape index (κ1) is 8.96. The molecule has 4 nitrogen and oxygen atoms in total. The first-order chi connectivity index (χ1) is 6.72. The lowest BCUT2D eigenvalue weighted by Gasteiger charge is -1.99. The number of nitrogens with zero attached hydrogens (tertiary/aromatic N) is 1. The van der Waals surface area contributed by atoms with Gasteiger partial charge < -0.3 is 9.84 Å². The van der Waals surface area contributed by atoms with Crippen molar-refractivity contribution >= 4 is 27.5 Å². The quantitative estimate of drug-likeness (QED) is 0.727. The van der Waals surface area contributed by atoms with Gasteiger partial charge in [0.25, 0.3) is 0 Å². The molecule has 0 saturated heterocycles. The molecule has 0 aliphatic heterocycles. The van der Waals surface area contributed by atoms with Crippen LogP contribution in [-0.2, 0) is 4.74 Å². The van der Waals surface area contributed by atoms with Crippen LogP contribution in [-0.4, -0.2) is 23.2 Å². The minimum Gasteiger partial charge on any atom is -0.506 e. The molecule has 14 heavy (non-hydrogen) atoms. The van der Waals surface area contributed by atoms with Crippen molar-refractivity contribution < 1.29 is 14.6 Å². The van der Waals surface area contributed by atoms with Gasteiger partial charge in [0.05, 0.1) is 17.3 Å². The first-order valence-electron chi connectivity index (χ1n) is 3.88. The summed E-state index contributed by atoms with van der Waals surface area (Å²) in [6.07, 6.45) is 0. The molecule has 0 spiro atoms. The van der Waals surface area contributed by atoms with Crippen molar-refractivity contribution in [2.24, 2.45) is 0 Å². The van der Waals surface area contributed by atoms with Gasteiger partial charge in [0.2, 0.25) is 0 Å². The third-order valence-corrected chi connectivity index (χ3v) is 2.71. The molecule has 0 unspecified atom stereocenters. The van der Waals surface area contributed by atoms with Crippen LogP contribution in [0.15, 0.2) is 17.5 Å². The predicted molar refractivity (Wildman–Crippen MR) is 52.6 cm³/mol. The Bertz CT molecular complexity index is 492. The molecule has 2 rings (SSSR count). The number of esters is 1. The average Bonchev–Trinajstić information content (AvgIpc) is 2.64. The highest BCUT2D eigenvalue weighted by Crippen LogP contribution is 2.29. The second-order valence-electron chi connectivity index (χ2n) is 2.65. The van der Waals surface area contributed by atoms with E-state index in [1.807, 2.05) is 0 Å². The number of ether oxygens (including phenoxy) is 1. The molecule has 0 saturated carbocycles. The van der Waals surface area contributed by atoms with E-state index in [1.165, 1.54) is 24.5 Å². The fourth-order valence-corrected chi connectivity index (χ4v) is 1.90. The minimum absolute atomic E-state index is 0.0606. The molecule has 0 fully saturated rings. The molecule has 5 heteroatoms. The summed E-state index contributed by atoms with van der Waals surface area (Å²) in [6.45, 7) is 0. The van der Waals surface area contributed by atoms with E-state index in [0.29, 0.717) is 10.2 Å². The number of hydrogen-bond donors (Lipinski definition) is 1. The monoisotopic (exact) mass is 209 g/mol. The molecule has 0 aliphatic rings. The lowest BCUT2D eigenvalue weighted by molar-refractivity contribution is 0.0594. The number of aromatic nitrogens is 1. The van der Waals surface area contributed by atoms with Gasteiger partial charge in [-0.1, -0.05) is 0 Å². The molecule has 0 radical (unpaired) electrons. The van der Waals surface area contributed by atoms with Crippen LogP contribution in [0.4, 0.5) is 0 Å². The molecule has 0 atom stereocenters. The lowest BCUT2D eigenvalue weighted by atomic mass is 10.3. The molecular weight excluding hydrogens is 202 g/mol. The van der Waals surface area contributed by atoms with Crippen LogP contribution in [0.1, 0.15) is 10.5 Å². The smallest absolute Gasteiger partial charge is 0.356 e. The van der Waals surface area contributed by atoms with Gasteiger partial charge in [-0.05, 0) is 11.4 Å². The number of fused-ring (bicyclic) bond motifs is 1. The fourth-order valence-electron chi connectivity index (χ4n) is 1.15. The van der Waals surface area contributed by atoms with Crippen molar-refractivity contribution in [2.45, 2.75) is 0 Å². The van der Waals surface area contributed by atoms with E-state index in [-0.39, 0.29) is 11.4 Å². The average molecular weight is 209 g/mol. The van der Waals surface area contributed by atoms with Crippen molar-refractivity contribution in [3.8, 4) is 5.75 Å². The maximum absolute atomic E-state index is 11.1. The second-order valence-corrected chi connectivity index (χ2v) is 3.57. The molecule has 0 amide bonds. The van der Waals surface area contributed by atoms with Gasteiger partial charge in [0, 0.05) is 6.07 Å². The first-order valence-corrected chi connectivity index (χ1v) is 4.76. The van der Waals surface area contributed by atoms with Crippen LogP contribution >= 0.6 is 11.3 Å². The SMILES string of the molecule is COC(=O)c1cc(O)c2sccc2n1. The lowest BCUT2D eigenvalue weighted by Crippen LogP contribution is -2.03. The van der Waals surface area contributed by atoms with Crippen LogP contribution in [0.25, 0.3) is 10.2 Å². The molecule has 0 bridgehead atoms. The Morgan fingerprint density at radius 2 is 2.43 bits per heavy atom. The van der Waals surface area contributed by atoms with Crippen LogP contribution in [0.2, 0.25) is 0 Å². The van der Waals surface area contributed by atoms with Gasteiger partial charge in [0.15, 0.2) is 5.69 Å². The number of hydrogen-bond acceptors (Lipinski definition) is 5. The Labute approximate surface area is 83.8 Å². The molecule has 1 N–H and O–H groups in total. The zero-order valence-electron chi connectivity index (χ0n) is 7.35. The maximum Gasteiger partial charge on any atom is 0.356 e. The van der Waals surface area contributed by atoms with Crippen LogP contribution in [0, 0.1) is 0 Å². The molecular formula is C9H7NO3S. The van der Waals surface area contributed by atoms with Crippen LogP contribution < -0.4 is 0 Å². The normalized spacial score (nSPS) is 10.4. The number of thiophene rings is 1.